The van der Waals surface area contributed by atoms with Gasteiger partial charge in [0, 0.05) is 30.7 Å². The summed E-state index contributed by atoms with van der Waals surface area (Å²) in [4.78, 5) is 4.52. The number of aliphatic hydroxyl groups excluding tert-OH is 3. The van der Waals surface area contributed by atoms with E-state index in [9.17, 15) is 10.2 Å². The standard InChI is InChI=1S/C13H25NO2.C8H19NO/c1-14(10-6-2-4-8-12(10)15)11-7-3-5-9-13(11)16;1-7(2)9(5-6-10)8(3)4/h10-13,15-16H,2-9H2,1H3;7-8,10H,5-6H2,1-4H3. The van der Waals surface area contributed by atoms with Gasteiger partial charge in [-0.05, 0) is 60.4 Å². The first-order valence-electron chi connectivity index (χ1n) is 10.7. The Labute approximate surface area is 161 Å². The lowest BCUT2D eigenvalue weighted by atomic mass is 9.86. The molecule has 0 spiro atoms. The van der Waals surface area contributed by atoms with E-state index >= 15 is 0 Å². The first kappa shape index (κ1) is 23.8. The maximum Gasteiger partial charge on any atom is 0.0695 e. The van der Waals surface area contributed by atoms with Crippen LogP contribution in [0, 0.1) is 0 Å². The predicted molar refractivity (Wildman–Crippen MR) is 108 cm³/mol. The molecule has 2 aliphatic carbocycles. The molecule has 4 unspecified atom stereocenters. The molecular weight excluding hydrogens is 328 g/mol. The molecule has 0 aliphatic heterocycles. The van der Waals surface area contributed by atoms with Crippen molar-refractivity contribution in [3.8, 4) is 0 Å². The summed E-state index contributed by atoms with van der Waals surface area (Å²) in [6.07, 6.45) is 8.39. The molecule has 0 aromatic carbocycles. The van der Waals surface area contributed by atoms with Crippen LogP contribution in [-0.2, 0) is 0 Å². The third-order valence-electron chi connectivity index (χ3n) is 6.12. The Morgan fingerprint density at radius 2 is 1.15 bits per heavy atom. The quantitative estimate of drug-likeness (QED) is 0.669. The fourth-order valence-electron chi connectivity index (χ4n) is 4.61. The Bertz CT molecular complexity index is 335. The zero-order valence-corrected chi connectivity index (χ0v) is 17.8. The summed E-state index contributed by atoms with van der Waals surface area (Å²) in [7, 11) is 2.08. The van der Waals surface area contributed by atoms with Gasteiger partial charge in [-0.3, -0.25) is 9.80 Å². The summed E-state index contributed by atoms with van der Waals surface area (Å²) in [5.74, 6) is 0. The fourth-order valence-corrected chi connectivity index (χ4v) is 4.61. The number of likely N-dealkylation sites (N-methyl/N-ethyl adjacent to an activating group) is 1. The molecule has 0 radical (unpaired) electrons. The van der Waals surface area contributed by atoms with Crippen molar-refractivity contribution in [3.63, 3.8) is 0 Å². The maximum absolute atomic E-state index is 10.0. The van der Waals surface area contributed by atoms with Crippen molar-refractivity contribution in [2.24, 2.45) is 0 Å². The predicted octanol–water partition coefficient (Wildman–Crippen LogP) is 2.62. The van der Waals surface area contributed by atoms with E-state index in [2.05, 4.69) is 44.5 Å². The number of rotatable bonds is 6. The van der Waals surface area contributed by atoms with E-state index in [4.69, 9.17) is 5.11 Å². The van der Waals surface area contributed by atoms with Crippen molar-refractivity contribution in [2.75, 3.05) is 20.2 Å². The molecule has 2 rings (SSSR count). The van der Waals surface area contributed by atoms with Crippen molar-refractivity contribution in [2.45, 2.75) is 115 Å². The summed E-state index contributed by atoms with van der Waals surface area (Å²) < 4.78 is 0. The van der Waals surface area contributed by atoms with Crippen LogP contribution in [-0.4, -0.2) is 81.7 Å². The average molecular weight is 373 g/mol. The molecule has 0 aromatic heterocycles. The van der Waals surface area contributed by atoms with Crippen LogP contribution >= 0.6 is 0 Å². The summed E-state index contributed by atoms with van der Waals surface area (Å²) >= 11 is 0. The largest absolute Gasteiger partial charge is 0.395 e. The van der Waals surface area contributed by atoms with Crippen LogP contribution in [0.4, 0.5) is 0 Å². The Morgan fingerprint density at radius 3 is 1.42 bits per heavy atom. The lowest BCUT2D eigenvalue weighted by Crippen LogP contribution is -2.53. The van der Waals surface area contributed by atoms with E-state index in [-0.39, 0.29) is 30.9 Å². The Balaban J connectivity index is 0.000000294. The Morgan fingerprint density at radius 1 is 0.769 bits per heavy atom. The molecule has 2 saturated carbocycles. The zero-order valence-electron chi connectivity index (χ0n) is 17.8. The zero-order chi connectivity index (χ0) is 19.7. The number of aliphatic hydroxyl groups is 3. The SMILES string of the molecule is CC(C)N(CCO)C(C)C.CN(C1CCCCC1O)C1CCCCC1O. The van der Waals surface area contributed by atoms with E-state index in [0.29, 0.717) is 12.1 Å². The van der Waals surface area contributed by atoms with Gasteiger partial charge < -0.3 is 15.3 Å². The summed E-state index contributed by atoms with van der Waals surface area (Å²) in [5.41, 5.74) is 0. The lowest BCUT2D eigenvalue weighted by Gasteiger charge is -2.43. The van der Waals surface area contributed by atoms with E-state index in [1.807, 2.05) is 0 Å². The molecule has 26 heavy (non-hydrogen) atoms. The van der Waals surface area contributed by atoms with E-state index in [1.54, 1.807) is 0 Å². The minimum Gasteiger partial charge on any atom is -0.395 e. The van der Waals surface area contributed by atoms with Gasteiger partial charge in [-0.2, -0.15) is 0 Å². The third kappa shape index (κ3) is 7.43. The molecule has 2 fully saturated rings. The van der Waals surface area contributed by atoms with Crippen molar-refractivity contribution >= 4 is 0 Å². The highest BCUT2D eigenvalue weighted by atomic mass is 16.3. The van der Waals surface area contributed by atoms with Gasteiger partial charge in [0.2, 0.25) is 0 Å². The Hall–Kier alpha value is -0.200. The normalized spacial score (nSPS) is 30.0. The van der Waals surface area contributed by atoms with Crippen LogP contribution in [0.3, 0.4) is 0 Å². The molecule has 4 atom stereocenters. The number of hydrogen-bond acceptors (Lipinski definition) is 5. The van der Waals surface area contributed by atoms with Crippen molar-refractivity contribution in [1.29, 1.82) is 0 Å². The van der Waals surface area contributed by atoms with Crippen molar-refractivity contribution < 1.29 is 15.3 Å². The molecule has 5 heteroatoms. The molecule has 0 saturated heterocycles. The van der Waals surface area contributed by atoms with Crippen molar-refractivity contribution in [1.82, 2.24) is 9.80 Å². The van der Waals surface area contributed by atoms with Gasteiger partial charge in [-0.15, -0.1) is 0 Å². The monoisotopic (exact) mass is 372 g/mol. The van der Waals surface area contributed by atoms with Crippen LogP contribution in [0.5, 0.6) is 0 Å². The molecule has 0 bridgehead atoms. The minimum absolute atomic E-state index is 0.187. The van der Waals surface area contributed by atoms with E-state index in [0.717, 1.165) is 45.1 Å². The first-order chi connectivity index (χ1) is 12.3. The Kier molecular flexibility index (Phi) is 11.3. The first-order valence-corrected chi connectivity index (χ1v) is 10.7. The summed E-state index contributed by atoms with van der Waals surface area (Å²) in [5, 5.41) is 28.8. The molecule has 2 aliphatic rings. The van der Waals surface area contributed by atoms with Crippen LogP contribution in [0.1, 0.15) is 79.1 Å². The second-order valence-electron chi connectivity index (χ2n) is 8.65. The molecule has 0 heterocycles. The summed E-state index contributed by atoms with van der Waals surface area (Å²) in [6, 6.07) is 1.61. The highest BCUT2D eigenvalue weighted by Crippen LogP contribution is 2.29. The molecule has 3 N–H and O–H groups in total. The maximum atomic E-state index is 10.0. The van der Waals surface area contributed by atoms with Gasteiger partial charge >= 0.3 is 0 Å². The van der Waals surface area contributed by atoms with E-state index < -0.39 is 0 Å². The van der Waals surface area contributed by atoms with Crippen LogP contribution in [0.2, 0.25) is 0 Å². The van der Waals surface area contributed by atoms with Gasteiger partial charge in [0.25, 0.3) is 0 Å². The third-order valence-corrected chi connectivity index (χ3v) is 6.12. The van der Waals surface area contributed by atoms with Crippen LogP contribution in [0.15, 0.2) is 0 Å². The minimum atomic E-state index is -0.187. The highest BCUT2D eigenvalue weighted by Gasteiger charge is 2.34. The van der Waals surface area contributed by atoms with Crippen molar-refractivity contribution in [3.05, 3.63) is 0 Å². The smallest absolute Gasteiger partial charge is 0.0695 e. The average Bonchev–Trinajstić information content (AvgIpc) is 2.60. The molecule has 0 amide bonds. The van der Waals surface area contributed by atoms with Gasteiger partial charge in [-0.25, -0.2) is 0 Å². The lowest BCUT2D eigenvalue weighted by molar-refractivity contribution is -0.0371. The van der Waals surface area contributed by atoms with Gasteiger partial charge in [0.05, 0.1) is 18.8 Å². The van der Waals surface area contributed by atoms with Crippen LogP contribution in [0.25, 0.3) is 0 Å². The molecule has 156 valence electrons. The second kappa shape index (κ2) is 12.3. The molecular formula is C21H44N2O3. The highest BCUT2D eigenvalue weighted by molar-refractivity contribution is 4.89. The van der Waals surface area contributed by atoms with Gasteiger partial charge in [-0.1, -0.05) is 25.7 Å². The number of hydrogen-bond donors (Lipinski definition) is 3. The molecule has 0 aromatic rings. The summed E-state index contributed by atoms with van der Waals surface area (Å²) in [6.45, 7) is 9.64. The van der Waals surface area contributed by atoms with Gasteiger partial charge in [0.15, 0.2) is 0 Å². The molecule has 5 nitrogen and oxygen atoms in total. The number of nitrogens with zero attached hydrogens (tertiary/aromatic N) is 2. The van der Waals surface area contributed by atoms with Crippen LogP contribution < -0.4 is 0 Å². The van der Waals surface area contributed by atoms with Gasteiger partial charge in [0.1, 0.15) is 0 Å². The fraction of sp³-hybridized carbons (Fsp3) is 1.00. The topological polar surface area (TPSA) is 67.2 Å². The second-order valence-corrected chi connectivity index (χ2v) is 8.65. The van der Waals surface area contributed by atoms with E-state index in [1.165, 1.54) is 12.8 Å².